The number of carbonyl (C=O) groups is 2. The number of carboxylic acids is 1. The molecule has 4 nitrogen and oxygen atoms in total. The van der Waals surface area contributed by atoms with E-state index >= 15 is 0 Å². The molecule has 1 amide bonds. The van der Waals surface area contributed by atoms with E-state index in [1.54, 1.807) is 0 Å². The van der Waals surface area contributed by atoms with Crippen LogP contribution in [-0.4, -0.2) is 35.0 Å². The summed E-state index contributed by atoms with van der Waals surface area (Å²) in [6.07, 6.45) is 0.984. The van der Waals surface area contributed by atoms with E-state index in [0.29, 0.717) is 19.4 Å². The average molecular weight is 269 g/mol. The fourth-order valence-corrected chi connectivity index (χ4v) is 2.22. The molecule has 0 bridgehead atoms. The summed E-state index contributed by atoms with van der Waals surface area (Å²) in [4.78, 5) is 24.2. The lowest BCUT2D eigenvalue weighted by Gasteiger charge is -2.30. The van der Waals surface area contributed by atoms with E-state index in [9.17, 15) is 18.4 Å². The molecule has 0 aromatic heterocycles. The summed E-state index contributed by atoms with van der Waals surface area (Å²) >= 11 is 0. The van der Waals surface area contributed by atoms with Gasteiger partial charge in [0.25, 0.3) is 5.91 Å². The normalized spacial score (nSPS) is 19.3. The van der Waals surface area contributed by atoms with Gasteiger partial charge in [-0.3, -0.25) is 9.59 Å². The van der Waals surface area contributed by atoms with E-state index in [0.717, 1.165) is 12.1 Å². The van der Waals surface area contributed by atoms with Gasteiger partial charge in [0, 0.05) is 13.1 Å². The van der Waals surface area contributed by atoms with Gasteiger partial charge in [0.2, 0.25) is 0 Å². The third kappa shape index (κ3) is 2.72. The van der Waals surface area contributed by atoms with Crippen molar-refractivity contribution in [3.8, 4) is 0 Å². The molecule has 0 aliphatic carbocycles. The molecule has 1 aromatic rings. The van der Waals surface area contributed by atoms with Crippen molar-refractivity contribution in [2.45, 2.75) is 12.8 Å². The van der Waals surface area contributed by atoms with Crippen LogP contribution in [0.5, 0.6) is 0 Å². The zero-order chi connectivity index (χ0) is 14.0. The van der Waals surface area contributed by atoms with E-state index in [4.69, 9.17) is 5.11 Å². The molecule has 1 atom stereocenters. The van der Waals surface area contributed by atoms with Gasteiger partial charge >= 0.3 is 5.97 Å². The molecule has 102 valence electrons. The van der Waals surface area contributed by atoms with Gasteiger partial charge in [0.05, 0.1) is 5.92 Å². The number of amides is 1. The van der Waals surface area contributed by atoms with Gasteiger partial charge in [-0.05, 0) is 25.0 Å². The minimum atomic E-state index is -0.994. The summed E-state index contributed by atoms with van der Waals surface area (Å²) in [5, 5.41) is 8.93. The first kappa shape index (κ1) is 13.5. The zero-order valence-corrected chi connectivity index (χ0v) is 10.1. The standard InChI is InChI=1S/C13H13F2NO3/c14-9-4-1-5-10(15)11(9)12(17)16-6-2-3-8(7-16)13(18)19/h1,4-5,8H,2-3,6-7H2,(H,18,19)/t8-/m0/s1. The van der Waals surface area contributed by atoms with E-state index in [1.165, 1.54) is 11.0 Å². The highest BCUT2D eigenvalue weighted by Crippen LogP contribution is 2.21. The Morgan fingerprint density at radius 1 is 1.26 bits per heavy atom. The lowest BCUT2D eigenvalue weighted by atomic mass is 9.97. The smallest absolute Gasteiger partial charge is 0.308 e. The van der Waals surface area contributed by atoms with Gasteiger partial charge in [-0.2, -0.15) is 0 Å². The van der Waals surface area contributed by atoms with Crippen LogP contribution in [0.1, 0.15) is 23.2 Å². The van der Waals surface area contributed by atoms with Crippen molar-refractivity contribution >= 4 is 11.9 Å². The van der Waals surface area contributed by atoms with Crippen molar-refractivity contribution in [1.82, 2.24) is 4.90 Å². The summed E-state index contributed by atoms with van der Waals surface area (Å²) in [6, 6.07) is 3.20. The zero-order valence-electron chi connectivity index (χ0n) is 10.1. The summed E-state index contributed by atoms with van der Waals surface area (Å²) < 4.78 is 27.0. The molecule has 0 radical (unpaired) electrons. The number of nitrogens with zero attached hydrogens (tertiary/aromatic N) is 1. The fraction of sp³-hybridized carbons (Fsp3) is 0.385. The van der Waals surface area contributed by atoms with Crippen LogP contribution in [-0.2, 0) is 4.79 Å². The Labute approximate surface area is 108 Å². The van der Waals surface area contributed by atoms with Crippen LogP contribution in [0.2, 0.25) is 0 Å². The SMILES string of the molecule is O=C(O)[C@H]1CCCN(C(=O)c2c(F)cccc2F)C1. The molecule has 1 N–H and O–H groups in total. The first-order chi connectivity index (χ1) is 9.00. The lowest BCUT2D eigenvalue weighted by Crippen LogP contribution is -2.42. The average Bonchev–Trinajstić information content (AvgIpc) is 2.38. The van der Waals surface area contributed by atoms with Gasteiger partial charge in [0.1, 0.15) is 17.2 Å². The molecule has 19 heavy (non-hydrogen) atoms. The van der Waals surface area contributed by atoms with Crippen LogP contribution < -0.4 is 0 Å². The number of carbonyl (C=O) groups excluding carboxylic acids is 1. The molecule has 0 spiro atoms. The highest BCUT2D eigenvalue weighted by Gasteiger charge is 2.30. The number of likely N-dealkylation sites (tertiary alicyclic amines) is 1. The van der Waals surface area contributed by atoms with E-state index in [-0.39, 0.29) is 6.54 Å². The molecule has 0 saturated carbocycles. The van der Waals surface area contributed by atoms with Crippen molar-refractivity contribution in [2.24, 2.45) is 5.92 Å². The number of halogens is 2. The van der Waals surface area contributed by atoms with E-state index < -0.39 is 35.0 Å². The number of hydrogen-bond donors (Lipinski definition) is 1. The summed E-state index contributed by atoms with van der Waals surface area (Å²) in [5.41, 5.74) is -0.617. The molecule has 1 aliphatic rings. The number of aliphatic carboxylic acids is 1. The van der Waals surface area contributed by atoms with Crippen LogP contribution in [0.4, 0.5) is 8.78 Å². The Morgan fingerprint density at radius 3 is 2.47 bits per heavy atom. The topological polar surface area (TPSA) is 57.6 Å². The first-order valence-electron chi connectivity index (χ1n) is 5.97. The molecule has 1 aromatic carbocycles. The molecular formula is C13H13F2NO3. The van der Waals surface area contributed by atoms with Crippen molar-refractivity contribution < 1.29 is 23.5 Å². The molecule has 1 saturated heterocycles. The van der Waals surface area contributed by atoms with Crippen molar-refractivity contribution in [1.29, 1.82) is 0 Å². The molecule has 1 heterocycles. The third-order valence-electron chi connectivity index (χ3n) is 3.23. The molecule has 1 aliphatic heterocycles. The molecular weight excluding hydrogens is 256 g/mol. The van der Waals surface area contributed by atoms with Gasteiger partial charge in [-0.25, -0.2) is 8.78 Å². The van der Waals surface area contributed by atoms with Crippen LogP contribution in [0.15, 0.2) is 18.2 Å². The van der Waals surface area contributed by atoms with Crippen molar-refractivity contribution in [3.05, 3.63) is 35.4 Å². The van der Waals surface area contributed by atoms with Crippen LogP contribution in [0, 0.1) is 17.6 Å². The second-order valence-corrected chi connectivity index (χ2v) is 4.53. The minimum Gasteiger partial charge on any atom is -0.481 e. The highest BCUT2D eigenvalue weighted by molar-refractivity contribution is 5.95. The number of piperidine rings is 1. The Hall–Kier alpha value is -1.98. The summed E-state index contributed by atoms with van der Waals surface area (Å²) in [7, 11) is 0. The Kier molecular flexibility index (Phi) is 3.78. The van der Waals surface area contributed by atoms with Crippen LogP contribution >= 0.6 is 0 Å². The predicted molar refractivity (Wildman–Crippen MR) is 62.6 cm³/mol. The lowest BCUT2D eigenvalue weighted by molar-refractivity contribution is -0.143. The predicted octanol–water partition coefficient (Wildman–Crippen LogP) is 1.90. The maximum atomic E-state index is 13.5. The second-order valence-electron chi connectivity index (χ2n) is 4.53. The van der Waals surface area contributed by atoms with Crippen LogP contribution in [0.25, 0.3) is 0 Å². The second kappa shape index (κ2) is 5.34. The Balaban J connectivity index is 2.22. The van der Waals surface area contributed by atoms with Crippen molar-refractivity contribution in [3.63, 3.8) is 0 Å². The molecule has 2 rings (SSSR count). The number of rotatable bonds is 2. The van der Waals surface area contributed by atoms with E-state index in [1.807, 2.05) is 0 Å². The Bertz CT molecular complexity index is 498. The van der Waals surface area contributed by atoms with E-state index in [2.05, 4.69) is 0 Å². The summed E-state index contributed by atoms with van der Waals surface area (Å²) in [5.74, 6) is -4.31. The van der Waals surface area contributed by atoms with Gasteiger partial charge in [-0.15, -0.1) is 0 Å². The molecule has 0 unspecified atom stereocenters. The van der Waals surface area contributed by atoms with Crippen LogP contribution in [0.3, 0.4) is 0 Å². The maximum Gasteiger partial charge on any atom is 0.308 e. The number of hydrogen-bond acceptors (Lipinski definition) is 2. The van der Waals surface area contributed by atoms with Crippen molar-refractivity contribution in [2.75, 3.05) is 13.1 Å². The number of carboxylic acid groups (broad SMARTS) is 1. The summed E-state index contributed by atoms with van der Waals surface area (Å²) in [6.45, 7) is 0.304. The molecule has 6 heteroatoms. The maximum absolute atomic E-state index is 13.5. The third-order valence-corrected chi connectivity index (χ3v) is 3.23. The highest BCUT2D eigenvalue weighted by atomic mass is 19.1. The van der Waals surface area contributed by atoms with Gasteiger partial charge < -0.3 is 10.0 Å². The monoisotopic (exact) mass is 269 g/mol. The molecule has 1 fully saturated rings. The Morgan fingerprint density at radius 2 is 1.89 bits per heavy atom. The van der Waals surface area contributed by atoms with Gasteiger partial charge in [-0.1, -0.05) is 6.07 Å². The minimum absolute atomic E-state index is 0.0120. The first-order valence-corrected chi connectivity index (χ1v) is 5.97. The van der Waals surface area contributed by atoms with Gasteiger partial charge in [0.15, 0.2) is 0 Å². The number of benzene rings is 1. The quantitative estimate of drug-likeness (QED) is 0.892. The fourth-order valence-electron chi connectivity index (χ4n) is 2.22. The largest absolute Gasteiger partial charge is 0.481 e.